The number of ether oxygens (including phenoxy) is 1. The summed E-state index contributed by atoms with van der Waals surface area (Å²) in [5, 5.41) is 14.0. The zero-order chi connectivity index (χ0) is 36.4. The Morgan fingerprint density at radius 2 is 1.69 bits per heavy atom. The summed E-state index contributed by atoms with van der Waals surface area (Å²) in [5.41, 5.74) is 0.635. The fourth-order valence-electron chi connectivity index (χ4n) is 7.81. The molecule has 10 nitrogen and oxygen atoms in total. The van der Waals surface area contributed by atoms with Crippen LogP contribution in [0.4, 0.5) is 14.6 Å². The molecule has 2 aromatic heterocycles. The second-order valence-electron chi connectivity index (χ2n) is 13.4. The summed E-state index contributed by atoms with van der Waals surface area (Å²) in [5.74, 6) is 1.94. The Bertz CT molecular complexity index is 2130. The lowest BCUT2D eigenvalue weighted by atomic mass is 9.96. The Balaban J connectivity index is 0.000000189. The number of nitrogens with one attached hydrogen (secondary N) is 1. The van der Waals surface area contributed by atoms with Gasteiger partial charge in [0.25, 0.3) is 0 Å². The highest BCUT2D eigenvalue weighted by Crippen LogP contribution is 2.37. The van der Waals surface area contributed by atoms with E-state index in [0.29, 0.717) is 39.6 Å². The lowest BCUT2D eigenvalue weighted by Crippen LogP contribution is -2.51. The first-order valence-electron chi connectivity index (χ1n) is 17.5. The molecule has 0 radical (unpaired) electrons. The number of pyridine rings is 1. The number of halogens is 2. The lowest BCUT2D eigenvalue weighted by Gasteiger charge is -2.34. The highest BCUT2D eigenvalue weighted by molar-refractivity contribution is 7.79. The van der Waals surface area contributed by atoms with Gasteiger partial charge in [0.15, 0.2) is 16.9 Å². The third kappa shape index (κ3) is 7.29. The van der Waals surface area contributed by atoms with Crippen LogP contribution in [0.1, 0.15) is 44.1 Å². The van der Waals surface area contributed by atoms with Crippen molar-refractivity contribution in [3.63, 3.8) is 0 Å². The molecule has 0 amide bonds. The Morgan fingerprint density at radius 1 is 0.981 bits per heavy atom. The number of aromatic hydroxyl groups is 1. The largest absolute Gasteiger partial charge is 0.508 e. The number of aromatic nitrogens is 3. The van der Waals surface area contributed by atoms with Gasteiger partial charge in [-0.25, -0.2) is 13.0 Å². The van der Waals surface area contributed by atoms with E-state index in [9.17, 15) is 8.60 Å². The minimum absolute atomic E-state index is 0.0484. The van der Waals surface area contributed by atoms with E-state index in [4.69, 9.17) is 20.8 Å². The average Bonchev–Trinajstić information content (AvgIpc) is 3.89. The minimum Gasteiger partial charge on any atom is -0.508 e. The molecule has 0 aliphatic carbocycles. The molecule has 9 rings (SSSR count). The summed E-state index contributed by atoms with van der Waals surface area (Å²) in [6.07, 6.45) is 15.3. The van der Waals surface area contributed by atoms with E-state index in [-0.39, 0.29) is 33.4 Å². The minimum atomic E-state index is -1.95. The van der Waals surface area contributed by atoms with Crippen molar-refractivity contribution in [3.05, 3.63) is 78.0 Å². The third-order valence-electron chi connectivity index (χ3n) is 10.3. The van der Waals surface area contributed by atoms with Gasteiger partial charge in [0.1, 0.15) is 28.6 Å². The van der Waals surface area contributed by atoms with Crippen LogP contribution < -0.4 is 15.0 Å². The standard InChI is InChI=1S/C26H21F2N5O.C7H13N.C6H6O3S/c1-3-17-20(27)10-7-14-5-4-6-18(21(14)17)23-22(28)24-19(11-29-23)25(32-26(31-24)34-2)33-12-15-8-9-16(13-33)30-15;1-3-7-4-2-6-8(7)5-1;7-5-1-3-6(4-2-5)10(8)9/h1,4-7,10-11,15-16,30H,8-9,12-13H2,2H3;7H,1-6H2;1-4,7H,(H,8,9). The molecule has 4 aliphatic heterocycles. The summed E-state index contributed by atoms with van der Waals surface area (Å²) >= 11 is -1.95. The van der Waals surface area contributed by atoms with Crippen LogP contribution in [-0.2, 0) is 11.1 Å². The quantitative estimate of drug-likeness (QED) is 0.144. The zero-order valence-electron chi connectivity index (χ0n) is 28.8. The number of phenolic OH excluding ortho intramolecular Hbond substituents is 1. The van der Waals surface area contributed by atoms with Crippen LogP contribution >= 0.6 is 0 Å². The number of terminal acetylenes is 1. The molecule has 3 unspecified atom stereocenters. The predicted octanol–water partition coefficient (Wildman–Crippen LogP) is 6.27. The van der Waals surface area contributed by atoms with E-state index in [2.05, 4.69) is 36.0 Å². The number of hydrogen-bond donors (Lipinski definition) is 3. The molecular formula is C39H40F2N6O4S. The molecule has 6 heterocycles. The van der Waals surface area contributed by atoms with E-state index in [0.717, 1.165) is 32.0 Å². The number of anilines is 1. The van der Waals surface area contributed by atoms with Gasteiger partial charge >= 0.3 is 6.01 Å². The molecule has 3 N–H and O–H groups in total. The fourth-order valence-corrected chi connectivity index (χ4v) is 8.18. The van der Waals surface area contributed by atoms with Crippen molar-refractivity contribution < 1.29 is 27.4 Å². The normalized spacial score (nSPS) is 20.1. The van der Waals surface area contributed by atoms with Gasteiger partial charge in [0.2, 0.25) is 0 Å². The maximum Gasteiger partial charge on any atom is 0.318 e. The summed E-state index contributed by atoms with van der Waals surface area (Å²) in [7, 11) is 1.46. The Hall–Kier alpha value is -4.74. The number of phenols is 1. The van der Waals surface area contributed by atoms with Gasteiger partial charge in [-0.15, -0.1) is 6.42 Å². The summed E-state index contributed by atoms with van der Waals surface area (Å²) < 4.78 is 54.7. The number of hydrogen-bond acceptors (Lipinski definition) is 9. The van der Waals surface area contributed by atoms with E-state index < -0.39 is 22.7 Å². The van der Waals surface area contributed by atoms with Gasteiger partial charge in [-0.2, -0.15) is 9.97 Å². The van der Waals surface area contributed by atoms with Gasteiger partial charge < -0.3 is 29.5 Å². The first-order valence-corrected chi connectivity index (χ1v) is 18.6. The Morgan fingerprint density at radius 3 is 2.33 bits per heavy atom. The van der Waals surface area contributed by atoms with Crippen LogP contribution in [0.2, 0.25) is 0 Å². The number of fused-ring (bicyclic) bond motifs is 5. The molecule has 3 atom stereocenters. The molecule has 270 valence electrons. The maximum absolute atomic E-state index is 16.1. The average molecular weight is 727 g/mol. The summed E-state index contributed by atoms with van der Waals surface area (Å²) in [6, 6.07) is 15.6. The van der Waals surface area contributed by atoms with E-state index in [1.807, 2.05) is 0 Å². The number of benzene rings is 3. The van der Waals surface area contributed by atoms with Gasteiger partial charge in [-0.1, -0.05) is 30.2 Å². The van der Waals surface area contributed by atoms with Crippen LogP contribution in [0, 0.1) is 24.0 Å². The number of methoxy groups -OCH3 is 1. The van der Waals surface area contributed by atoms with Crippen molar-refractivity contribution in [1.82, 2.24) is 25.2 Å². The highest BCUT2D eigenvalue weighted by atomic mass is 32.2. The highest BCUT2D eigenvalue weighted by Gasteiger charge is 2.34. The van der Waals surface area contributed by atoms with Gasteiger partial charge in [0, 0.05) is 48.4 Å². The molecule has 52 heavy (non-hydrogen) atoms. The van der Waals surface area contributed by atoms with Crippen molar-refractivity contribution >= 4 is 38.6 Å². The van der Waals surface area contributed by atoms with Crippen molar-refractivity contribution in [1.29, 1.82) is 0 Å². The smallest absolute Gasteiger partial charge is 0.318 e. The third-order valence-corrected chi connectivity index (χ3v) is 10.9. The first-order chi connectivity index (χ1) is 25.2. The molecule has 5 aromatic rings. The molecule has 3 aromatic carbocycles. The molecule has 4 aliphatic rings. The monoisotopic (exact) mass is 726 g/mol. The Labute approximate surface area is 303 Å². The van der Waals surface area contributed by atoms with E-state index >= 15 is 4.39 Å². The number of nitrogens with zero attached hydrogens (tertiary/aromatic N) is 5. The number of piperazine rings is 1. The molecule has 2 bridgehead atoms. The molecule has 13 heteroatoms. The van der Waals surface area contributed by atoms with Crippen LogP contribution in [0.5, 0.6) is 11.8 Å². The van der Waals surface area contributed by atoms with Crippen LogP contribution in [0.25, 0.3) is 32.9 Å². The van der Waals surface area contributed by atoms with Crippen LogP contribution in [-0.4, -0.2) is 85.1 Å². The molecule has 0 spiro atoms. The second kappa shape index (κ2) is 15.5. The molecule has 4 fully saturated rings. The van der Waals surface area contributed by atoms with Gasteiger partial charge in [-0.05, 0) is 87.3 Å². The first kappa shape index (κ1) is 35.7. The molecule has 0 saturated carbocycles. The van der Waals surface area contributed by atoms with Crippen molar-refractivity contribution in [2.24, 2.45) is 0 Å². The van der Waals surface area contributed by atoms with Gasteiger partial charge in [-0.3, -0.25) is 4.98 Å². The molecule has 4 saturated heterocycles. The molecular weight excluding hydrogens is 687 g/mol. The van der Waals surface area contributed by atoms with Crippen molar-refractivity contribution in [3.8, 4) is 35.4 Å². The summed E-state index contributed by atoms with van der Waals surface area (Å²) in [4.78, 5) is 18.4. The lowest BCUT2D eigenvalue weighted by molar-refractivity contribution is 0.325. The van der Waals surface area contributed by atoms with Crippen LogP contribution in [0.15, 0.2) is 65.7 Å². The summed E-state index contributed by atoms with van der Waals surface area (Å²) in [6.45, 7) is 4.32. The predicted molar refractivity (Wildman–Crippen MR) is 198 cm³/mol. The zero-order valence-corrected chi connectivity index (χ0v) is 29.6. The fraction of sp³-hybridized carbons (Fsp3) is 0.359. The van der Waals surface area contributed by atoms with Crippen LogP contribution in [0.3, 0.4) is 0 Å². The Kier molecular flexibility index (Phi) is 10.6. The van der Waals surface area contributed by atoms with E-state index in [1.54, 1.807) is 30.5 Å². The van der Waals surface area contributed by atoms with Crippen molar-refractivity contribution in [2.45, 2.75) is 61.5 Å². The number of rotatable bonds is 4. The van der Waals surface area contributed by atoms with E-state index in [1.165, 1.54) is 76.2 Å². The second-order valence-corrected chi connectivity index (χ2v) is 14.4. The van der Waals surface area contributed by atoms with Gasteiger partial charge in [0.05, 0.1) is 23.0 Å². The topological polar surface area (TPSA) is 124 Å². The van der Waals surface area contributed by atoms with Crippen molar-refractivity contribution in [2.75, 3.05) is 38.2 Å². The SMILES string of the molecule is C#Cc1c(F)ccc2cccc(-c3ncc4c(N5CC6CCC(C5)N6)nc(OC)nc4c3F)c12.C1CC2CCCN2C1.O=S(O)c1ccc(O)cc1. The maximum atomic E-state index is 16.1.